The third-order valence-corrected chi connectivity index (χ3v) is 6.77. The molecule has 152 valence electrons. The van der Waals surface area contributed by atoms with Crippen LogP contribution in [0.1, 0.15) is 35.9 Å². The zero-order chi connectivity index (χ0) is 20.6. The first-order chi connectivity index (χ1) is 14.6. The lowest BCUT2D eigenvalue weighted by molar-refractivity contribution is 0.0557. The van der Waals surface area contributed by atoms with Crippen LogP contribution in [0.5, 0.6) is 0 Å². The summed E-state index contributed by atoms with van der Waals surface area (Å²) in [5, 5.41) is 13.1. The number of hydrogen-bond acceptors (Lipinski definition) is 8. The number of nitrogens with zero attached hydrogens (tertiary/aromatic N) is 5. The van der Waals surface area contributed by atoms with E-state index >= 15 is 0 Å². The molecule has 1 N–H and O–H groups in total. The maximum atomic E-state index is 10.7. The number of fused-ring (bicyclic) bond motifs is 2. The molecule has 5 rings (SSSR count). The fourth-order valence-corrected chi connectivity index (χ4v) is 4.86. The van der Waals surface area contributed by atoms with Crippen LogP contribution in [-0.2, 0) is 15.8 Å². The lowest BCUT2D eigenvalue weighted by Gasteiger charge is -2.34. The van der Waals surface area contributed by atoms with Gasteiger partial charge in [0.25, 0.3) is 0 Å². The van der Waals surface area contributed by atoms with E-state index in [-0.39, 0.29) is 5.41 Å². The second-order valence-electron chi connectivity index (χ2n) is 7.81. The van der Waals surface area contributed by atoms with Crippen LogP contribution < -0.4 is 4.90 Å². The van der Waals surface area contributed by atoms with Gasteiger partial charge in [-0.15, -0.1) is 11.3 Å². The van der Waals surface area contributed by atoms with Crippen LogP contribution in [0, 0.1) is 11.8 Å². The SMILES string of the molecule is CC(O)(C#Cc1ccc2c(c1)N(c1ncncn1)CC21CCOCC1)c1nccs1. The van der Waals surface area contributed by atoms with Crippen molar-refractivity contribution in [2.45, 2.75) is 30.8 Å². The van der Waals surface area contributed by atoms with Gasteiger partial charge in [-0.2, -0.15) is 0 Å². The summed E-state index contributed by atoms with van der Waals surface area (Å²) in [6, 6.07) is 6.25. The summed E-state index contributed by atoms with van der Waals surface area (Å²) < 4.78 is 5.63. The van der Waals surface area contributed by atoms with Gasteiger partial charge < -0.3 is 14.7 Å². The smallest absolute Gasteiger partial charge is 0.232 e. The van der Waals surface area contributed by atoms with Gasteiger partial charge in [-0.05, 0) is 37.5 Å². The number of rotatable bonds is 2. The number of aromatic nitrogens is 4. The Morgan fingerprint density at radius 3 is 2.73 bits per heavy atom. The van der Waals surface area contributed by atoms with Gasteiger partial charge in [0.15, 0.2) is 5.60 Å². The van der Waals surface area contributed by atoms with Crippen LogP contribution in [0.25, 0.3) is 0 Å². The fourth-order valence-electron chi connectivity index (χ4n) is 4.21. The van der Waals surface area contributed by atoms with Crippen LogP contribution in [0.3, 0.4) is 0 Å². The zero-order valence-corrected chi connectivity index (χ0v) is 17.4. The molecule has 2 aliphatic heterocycles. The van der Waals surface area contributed by atoms with Crippen molar-refractivity contribution in [2.75, 3.05) is 24.7 Å². The molecular weight excluding hydrogens is 398 g/mol. The van der Waals surface area contributed by atoms with Crippen molar-refractivity contribution in [3.63, 3.8) is 0 Å². The van der Waals surface area contributed by atoms with E-state index in [4.69, 9.17) is 4.74 Å². The number of benzene rings is 1. The monoisotopic (exact) mass is 419 g/mol. The molecule has 1 aromatic carbocycles. The molecule has 0 aliphatic carbocycles. The molecule has 2 aliphatic rings. The molecule has 7 nitrogen and oxygen atoms in total. The summed E-state index contributed by atoms with van der Waals surface area (Å²) in [5.41, 5.74) is 1.91. The molecule has 8 heteroatoms. The highest BCUT2D eigenvalue weighted by Crippen LogP contribution is 2.48. The first-order valence-electron chi connectivity index (χ1n) is 9.85. The van der Waals surface area contributed by atoms with Crippen LogP contribution in [-0.4, -0.2) is 44.8 Å². The van der Waals surface area contributed by atoms with E-state index in [0.717, 1.165) is 43.9 Å². The molecule has 1 unspecified atom stereocenters. The normalized spacial score (nSPS) is 19.1. The van der Waals surface area contributed by atoms with E-state index in [1.165, 1.54) is 29.6 Å². The van der Waals surface area contributed by atoms with Crippen molar-refractivity contribution in [1.82, 2.24) is 19.9 Å². The average Bonchev–Trinajstić information content (AvgIpc) is 3.42. The van der Waals surface area contributed by atoms with E-state index in [2.05, 4.69) is 48.8 Å². The average molecular weight is 420 g/mol. The molecule has 0 radical (unpaired) electrons. The van der Waals surface area contributed by atoms with E-state index in [9.17, 15) is 5.11 Å². The zero-order valence-electron chi connectivity index (χ0n) is 16.6. The Bertz CT molecular complexity index is 1100. The lowest BCUT2D eigenvalue weighted by atomic mass is 9.76. The van der Waals surface area contributed by atoms with Crippen LogP contribution in [0.4, 0.5) is 11.6 Å². The maximum Gasteiger partial charge on any atom is 0.232 e. The second-order valence-corrected chi connectivity index (χ2v) is 8.70. The van der Waals surface area contributed by atoms with Crippen molar-refractivity contribution < 1.29 is 9.84 Å². The summed E-state index contributed by atoms with van der Waals surface area (Å²) >= 11 is 1.39. The van der Waals surface area contributed by atoms with Gasteiger partial charge in [0.05, 0.1) is 0 Å². The highest BCUT2D eigenvalue weighted by molar-refractivity contribution is 7.09. The molecule has 1 spiro atoms. The Morgan fingerprint density at radius 2 is 2.00 bits per heavy atom. The van der Waals surface area contributed by atoms with Crippen molar-refractivity contribution in [3.05, 3.63) is 58.6 Å². The summed E-state index contributed by atoms with van der Waals surface area (Å²) in [7, 11) is 0. The molecule has 1 saturated heterocycles. The predicted octanol–water partition coefficient (Wildman–Crippen LogP) is 2.79. The fraction of sp³-hybridized carbons (Fsp3) is 0.364. The van der Waals surface area contributed by atoms with Crippen molar-refractivity contribution in [1.29, 1.82) is 0 Å². The summed E-state index contributed by atoms with van der Waals surface area (Å²) in [5.74, 6) is 6.73. The second kappa shape index (κ2) is 7.43. The lowest BCUT2D eigenvalue weighted by Crippen LogP contribution is -2.37. The minimum absolute atomic E-state index is 0.0263. The largest absolute Gasteiger partial charge is 0.381 e. The minimum atomic E-state index is -1.29. The van der Waals surface area contributed by atoms with Gasteiger partial charge >= 0.3 is 0 Å². The number of thiazole rings is 1. The first-order valence-corrected chi connectivity index (χ1v) is 10.7. The first kappa shape index (κ1) is 19.1. The van der Waals surface area contributed by atoms with Gasteiger partial charge in [0.1, 0.15) is 17.7 Å². The number of aliphatic hydroxyl groups is 1. The third kappa shape index (κ3) is 3.35. The standard InChI is InChI=1S/C22H21N5O2S/c1-21(28,19-24-8-11-30-19)5-4-16-2-3-17-18(12-16)27(20-25-14-23-15-26-20)13-22(17)6-9-29-10-7-22/h2-3,8,11-12,14-15,28H,6-7,9-10,13H2,1H3. The molecular formula is C22H21N5O2S. The van der Waals surface area contributed by atoms with Crippen molar-refractivity contribution in [2.24, 2.45) is 0 Å². The summed E-state index contributed by atoms with van der Waals surface area (Å²) in [6.07, 6.45) is 6.64. The van der Waals surface area contributed by atoms with Gasteiger partial charge in [0, 0.05) is 48.0 Å². The van der Waals surface area contributed by atoms with Crippen molar-refractivity contribution in [3.8, 4) is 11.8 Å². The Morgan fingerprint density at radius 1 is 1.20 bits per heavy atom. The number of anilines is 2. The van der Waals surface area contributed by atoms with Crippen LogP contribution >= 0.6 is 11.3 Å². The topological polar surface area (TPSA) is 84.3 Å². The Kier molecular flexibility index (Phi) is 4.74. The Labute approximate surface area is 178 Å². The molecule has 2 aromatic heterocycles. The van der Waals surface area contributed by atoms with Crippen molar-refractivity contribution >= 4 is 23.0 Å². The Balaban J connectivity index is 1.55. The molecule has 0 saturated carbocycles. The highest BCUT2D eigenvalue weighted by atomic mass is 32.1. The highest BCUT2D eigenvalue weighted by Gasteiger charge is 2.44. The van der Waals surface area contributed by atoms with Gasteiger partial charge in [0.2, 0.25) is 5.95 Å². The maximum absolute atomic E-state index is 10.7. The summed E-state index contributed by atoms with van der Waals surface area (Å²) in [4.78, 5) is 19.0. The quantitative estimate of drug-likeness (QED) is 0.640. The minimum Gasteiger partial charge on any atom is -0.381 e. The molecule has 30 heavy (non-hydrogen) atoms. The molecule has 1 fully saturated rings. The van der Waals surface area contributed by atoms with E-state index in [1.54, 1.807) is 13.1 Å². The van der Waals surface area contributed by atoms with Gasteiger partial charge in [-0.1, -0.05) is 17.9 Å². The van der Waals surface area contributed by atoms with Crippen LogP contribution in [0.2, 0.25) is 0 Å². The van der Waals surface area contributed by atoms with Gasteiger partial charge in [-0.3, -0.25) is 0 Å². The molecule has 3 aromatic rings. The molecule has 1 atom stereocenters. The number of ether oxygens (including phenoxy) is 1. The molecule has 4 heterocycles. The Hall–Kier alpha value is -2.86. The van der Waals surface area contributed by atoms with E-state index < -0.39 is 5.60 Å². The van der Waals surface area contributed by atoms with Crippen LogP contribution in [0.15, 0.2) is 42.4 Å². The van der Waals surface area contributed by atoms with E-state index in [1.807, 2.05) is 11.4 Å². The van der Waals surface area contributed by atoms with E-state index in [0.29, 0.717) is 11.0 Å². The summed E-state index contributed by atoms with van der Waals surface area (Å²) in [6.45, 7) is 3.98. The number of hydrogen-bond donors (Lipinski definition) is 1. The molecule has 0 amide bonds. The third-order valence-electron chi connectivity index (χ3n) is 5.79. The van der Waals surface area contributed by atoms with Gasteiger partial charge in [-0.25, -0.2) is 19.9 Å². The predicted molar refractivity (Wildman–Crippen MR) is 114 cm³/mol. The molecule has 0 bridgehead atoms.